The third-order valence-corrected chi connectivity index (χ3v) is 5.22. The van der Waals surface area contributed by atoms with E-state index in [-0.39, 0.29) is 23.8 Å². The van der Waals surface area contributed by atoms with Crippen LogP contribution in [0.5, 0.6) is 0 Å². The second-order valence-corrected chi connectivity index (χ2v) is 6.75. The topological polar surface area (TPSA) is 20.3 Å². The van der Waals surface area contributed by atoms with Crippen LogP contribution in [0.2, 0.25) is 0 Å². The van der Waals surface area contributed by atoms with Gasteiger partial charge in [0.2, 0.25) is 0 Å². The third kappa shape index (κ3) is 2.70. The maximum Gasteiger partial charge on any atom is 0.254 e. The summed E-state index contributed by atoms with van der Waals surface area (Å²) >= 11 is 0. The van der Waals surface area contributed by atoms with Gasteiger partial charge in [0.1, 0.15) is 12.0 Å². The van der Waals surface area contributed by atoms with E-state index in [0.717, 1.165) is 24.0 Å². The van der Waals surface area contributed by atoms with E-state index in [1.54, 1.807) is 12.1 Å². The highest BCUT2D eigenvalue weighted by atomic mass is 19.1. The van der Waals surface area contributed by atoms with Crippen molar-refractivity contribution >= 4 is 5.91 Å². The summed E-state index contributed by atoms with van der Waals surface area (Å²) in [5.74, 6) is -0.266. The van der Waals surface area contributed by atoms with Crippen LogP contribution in [-0.4, -0.2) is 29.1 Å². The van der Waals surface area contributed by atoms with Gasteiger partial charge < -0.3 is 4.90 Å². The van der Waals surface area contributed by atoms with Crippen LogP contribution in [-0.2, 0) is 0 Å². The molecule has 2 saturated heterocycles. The van der Waals surface area contributed by atoms with Crippen LogP contribution in [0.1, 0.15) is 36.0 Å². The Bertz CT molecular complexity index is 727. The largest absolute Gasteiger partial charge is 0.332 e. The summed E-state index contributed by atoms with van der Waals surface area (Å²) in [5.41, 5.74) is 2.49. The molecule has 2 atom stereocenters. The van der Waals surface area contributed by atoms with Crippen LogP contribution in [0.3, 0.4) is 0 Å². The number of piperidine rings is 1. The molecule has 1 amide bonds. The summed E-state index contributed by atoms with van der Waals surface area (Å²) < 4.78 is 26.7. The molecule has 4 rings (SSSR count). The van der Waals surface area contributed by atoms with Crippen LogP contribution in [0.25, 0.3) is 11.1 Å². The van der Waals surface area contributed by atoms with Gasteiger partial charge in [-0.25, -0.2) is 8.78 Å². The molecule has 0 N–H and O–H groups in total. The molecule has 2 aliphatic heterocycles. The Kier molecular flexibility index (Phi) is 3.83. The molecule has 2 aromatic rings. The lowest BCUT2D eigenvalue weighted by atomic mass is 9.98. The molecule has 2 heterocycles. The highest BCUT2D eigenvalue weighted by molar-refractivity contribution is 5.95. The highest BCUT2D eigenvalue weighted by Gasteiger charge is 2.43. The zero-order chi connectivity index (χ0) is 16.7. The molecule has 124 valence electrons. The standard InChI is InChI=1S/C20H19F2NO/c21-16-7-5-14(6-8-16)13-1-3-15(4-2-13)20(24)23-18-9-10-19(23)12-17(22)11-18/h1-8,17-19H,9-12H2. The average molecular weight is 327 g/mol. The van der Waals surface area contributed by atoms with Crippen LogP contribution in [0, 0.1) is 5.82 Å². The molecule has 2 fully saturated rings. The number of fused-ring (bicyclic) bond motifs is 2. The van der Waals surface area contributed by atoms with Crippen LogP contribution in [0.4, 0.5) is 8.78 Å². The van der Waals surface area contributed by atoms with Crippen molar-refractivity contribution in [3.05, 3.63) is 59.9 Å². The van der Waals surface area contributed by atoms with E-state index >= 15 is 0 Å². The molecule has 0 spiro atoms. The summed E-state index contributed by atoms with van der Waals surface area (Å²) in [6.45, 7) is 0. The van der Waals surface area contributed by atoms with Gasteiger partial charge in [-0.2, -0.15) is 0 Å². The second kappa shape index (κ2) is 6.00. The SMILES string of the molecule is O=C(c1ccc(-c2ccc(F)cc2)cc1)N1C2CCC1CC(F)C2. The molecule has 0 radical (unpaired) electrons. The van der Waals surface area contributed by atoms with E-state index in [0.29, 0.717) is 18.4 Å². The van der Waals surface area contributed by atoms with Gasteiger partial charge >= 0.3 is 0 Å². The number of nitrogens with zero attached hydrogens (tertiary/aromatic N) is 1. The molecule has 2 aromatic carbocycles. The van der Waals surface area contributed by atoms with Crippen molar-refractivity contribution in [2.24, 2.45) is 0 Å². The lowest BCUT2D eigenvalue weighted by Gasteiger charge is -2.36. The van der Waals surface area contributed by atoms with Gasteiger partial charge in [-0.15, -0.1) is 0 Å². The molecule has 4 heteroatoms. The minimum atomic E-state index is -0.771. The van der Waals surface area contributed by atoms with E-state index < -0.39 is 6.17 Å². The quantitative estimate of drug-likeness (QED) is 0.789. The van der Waals surface area contributed by atoms with Crippen molar-refractivity contribution in [2.75, 3.05) is 0 Å². The lowest BCUT2D eigenvalue weighted by Crippen LogP contribution is -2.47. The fraction of sp³-hybridized carbons (Fsp3) is 0.350. The van der Waals surface area contributed by atoms with Gasteiger partial charge in [-0.05, 0) is 61.1 Å². The summed E-state index contributed by atoms with van der Waals surface area (Å²) in [7, 11) is 0. The predicted octanol–water partition coefficient (Wildman–Crippen LogP) is 4.60. The maximum absolute atomic E-state index is 13.7. The fourth-order valence-corrected chi connectivity index (χ4v) is 4.04. The van der Waals surface area contributed by atoms with E-state index in [2.05, 4.69) is 0 Å². The smallest absolute Gasteiger partial charge is 0.254 e. The Morgan fingerprint density at radius 2 is 1.38 bits per heavy atom. The highest BCUT2D eigenvalue weighted by Crippen LogP contribution is 2.38. The Hall–Kier alpha value is -2.23. The van der Waals surface area contributed by atoms with Gasteiger partial charge in [-0.1, -0.05) is 24.3 Å². The van der Waals surface area contributed by atoms with Crippen molar-refractivity contribution in [3.63, 3.8) is 0 Å². The number of carbonyl (C=O) groups is 1. The lowest BCUT2D eigenvalue weighted by molar-refractivity contribution is 0.0479. The number of alkyl halides is 1. The number of rotatable bonds is 2. The summed E-state index contributed by atoms with van der Waals surface area (Å²) in [6, 6.07) is 13.8. The number of hydrogen-bond acceptors (Lipinski definition) is 1. The number of benzene rings is 2. The first-order chi connectivity index (χ1) is 11.6. The van der Waals surface area contributed by atoms with Gasteiger partial charge in [0, 0.05) is 17.6 Å². The maximum atomic E-state index is 13.7. The summed E-state index contributed by atoms with van der Waals surface area (Å²) in [5, 5.41) is 0. The molecular formula is C20H19F2NO. The van der Waals surface area contributed by atoms with Crippen molar-refractivity contribution in [2.45, 2.75) is 43.9 Å². The van der Waals surface area contributed by atoms with E-state index in [1.807, 2.05) is 29.2 Å². The molecule has 0 aliphatic carbocycles. The molecular weight excluding hydrogens is 308 g/mol. The van der Waals surface area contributed by atoms with Crippen molar-refractivity contribution in [3.8, 4) is 11.1 Å². The third-order valence-electron chi connectivity index (χ3n) is 5.22. The Morgan fingerprint density at radius 1 is 0.875 bits per heavy atom. The Labute approximate surface area is 140 Å². The van der Waals surface area contributed by atoms with Crippen molar-refractivity contribution in [1.82, 2.24) is 4.90 Å². The minimum absolute atomic E-state index is 0.0000520. The summed E-state index contributed by atoms with van der Waals surface area (Å²) in [6.07, 6.45) is 1.98. The Balaban J connectivity index is 1.55. The molecule has 0 saturated carbocycles. The van der Waals surface area contributed by atoms with Gasteiger partial charge in [0.15, 0.2) is 0 Å². The number of hydrogen-bond donors (Lipinski definition) is 0. The van der Waals surface area contributed by atoms with E-state index in [1.165, 1.54) is 12.1 Å². The van der Waals surface area contributed by atoms with Crippen molar-refractivity contribution in [1.29, 1.82) is 0 Å². The minimum Gasteiger partial charge on any atom is -0.332 e. The van der Waals surface area contributed by atoms with Crippen molar-refractivity contribution < 1.29 is 13.6 Å². The monoisotopic (exact) mass is 327 g/mol. The Morgan fingerprint density at radius 3 is 1.92 bits per heavy atom. The van der Waals surface area contributed by atoms with Crippen LogP contribution >= 0.6 is 0 Å². The molecule has 2 unspecified atom stereocenters. The fourth-order valence-electron chi connectivity index (χ4n) is 4.04. The molecule has 2 aliphatic rings. The zero-order valence-corrected chi connectivity index (χ0v) is 13.3. The molecule has 24 heavy (non-hydrogen) atoms. The summed E-state index contributed by atoms with van der Waals surface area (Å²) in [4.78, 5) is 14.7. The van der Waals surface area contributed by atoms with E-state index in [9.17, 15) is 13.6 Å². The predicted molar refractivity (Wildman–Crippen MR) is 88.9 cm³/mol. The van der Waals surface area contributed by atoms with Gasteiger partial charge in [-0.3, -0.25) is 4.79 Å². The molecule has 2 nitrogen and oxygen atoms in total. The second-order valence-electron chi connectivity index (χ2n) is 6.75. The number of carbonyl (C=O) groups excluding carboxylic acids is 1. The van der Waals surface area contributed by atoms with Gasteiger partial charge in [0.25, 0.3) is 5.91 Å². The molecule has 2 bridgehead atoms. The molecule has 0 aromatic heterocycles. The first-order valence-electron chi connectivity index (χ1n) is 8.44. The van der Waals surface area contributed by atoms with E-state index in [4.69, 9.17) is 0 Å². The zero-order valence-electron chi connectivity index (χ0n) is 13.3. The normalized spacial score (nSPS) is 25.8. The first-order valence-corrected chi connectivity index (χ1v) is 8.44. The van der Waals surface area contributed by atoms with Crippen LogP contribution < -0.4 is 0 Å². The number of halogens is 2. The first kappa shape index (κ1) is 15.3. The number of amides is 1. The average Bonchev–Trinajstić information content (AvgIpc) is 2.86. The van der Waals surface area contributed by atoms with Crippen LogP contribution in [0.15, 0.2) is 48.5 Å². The van der Waals surface area contributed by atoms with Gasteiger partial charge in [0.05, 0.1) is 0 Å².